The van der Waals surface area contributed by atoms with Crippen molar-refractivity contribution in [1.29, 1.82) is 0 Å². The lowest BCUT2D eigenvalue weighted by Gasteiger charge is -2.18. The van der Waals surface area contributed by atoms with Crippen LogP contribution in [-0.4, -0.2) is 48.2 Å². The van der Waals surface area contributed by atoms with Gasteiger partial charge in [-0.05, 0) is 12.8 Å². The Hall–Kier alpha value is -0.910. The summed E-state index contributed by atoms with van der Waals surface area (Å²) in [5.74, 6) is -0.597. The molecule has 0 saturated carbocycles. The average molecular weight is 246 g/mol. The van der Waals surface area contributed by atoms with Gasteiger partial charge in [-0.2, -0.15) is 0 Å². The number of carbonyl (C=O) groups excluding carboxylic acids is 1. The Balaban J connectivity index is 4.12. The summed E-state index contributed by atoms with van der Waals surface area (Å²) in [5.41, 5.74) is 0.242. The third-order valence-corrected chi connectivity index (χ3v) is 2.16. The average Bonchev–Trinajstić information content (AvgIpc) is 2.35. The molecule has 0 fully saturated rings. The smallest absolute Gasteiger partial charge is 0.336 e. The van der Waals surface area contributed by atoms with Gasteiger partial charge < -0.3 is 19.7 Å². The van der Waals surface area contributed by atoms with Gasteiger partial charge in [0, 0.05) is 6.61 Å². The van der Waals surface area contributed by atoms with Gasteiger partial charge in [0.1, 0.15) is 12.7 Å². The van der Waals surface area contributed by atoms with E-state index < -0.39 is 18.7 Å². The van der Waals surface area contributed by atoms with Crippen molar-refractivity contribution in [2.24, 2.45) is 0 Å². The molecule has 0 aromatic carbocycles. The standard InChI is InChI=1S/C12H22O5/c1-4-6-16-11(5-2)9(3)12(15)17-8-10(14)7-13/h10-11,13-14H,3-8H2,1-2H3. The van der Waals surface area contributed by atoms with Crippen LogP contribution in [0, 0.1) is 0 Å². The van der Waals surface area contributed by atoms with E-state index in [4.69, 9.17) is 19.7 Å². The molecule has 0 aromatic heterocycles. The molecule has 0 rings (SSSR count). The minimum Gasteiger partial charge on any atom is -0.459 e. The summed E-state index contributed by atoms with van der Waals surface area (Å²) in [6.07, 6.45) is 0.0931. The molecule has 2 N–H and O–H groups in total. The molecule has 0 heterocycles. The Labute approximate surface area is 102 Å². The summed E-state index contributed by atoms with van der Waals surface area (Å²) in [5, 5.41) is 17.6. The van der Waals surface area contributed by atoms with Crippen molar-refractivity contribution >= 4 is 5.97 Å². The van der Waals surface area contributed by atoms with Crippen LogP contribution in [0.2, 0.25) is 0 Å². The fourth-order valence-corrected chi connectivity index (χ4v) is 1.17. The highest BCUT2D eigenvalue weighted by Gasteiger charge is 2.20. The van der Waals surface area contributed by atoms with E-state index in [0.29, 0.717) is 13.0 Å². The molecule has 2 unspecified atom stereocenters. The van der Waals surface area contributed by atoms with Crippen molar-refractivity contribution < 1.29 is 24.5 Å². The number of carbonyl (C=O) groups is 1. The van der Waals surface area contributed by atoms with E-state index in [-0.39, 0.29) is 18.3 Å². The minimum atomic E-state index is -1.05. The monoisotopic (exact) mass is 246 g/mol. The first-order valence-electron chi connectivity index (χ1n) is 5.83. The second kappa shape index (κ2) is 9.15. The van der Waals surface area contributed by atoms with Crippen molar-refractivity contribution in [2.75, 3.05) is 19.8 Å². The number of ether oxygens (including phenoxy) is 2. The molecule has 0 aromatic rings. The lowest BCUT2D eigenvalue weighted by atomic mass is 10.1. The molecule has 5 heteroatoms. The maximum absolute atomic E-state index is 11.5. The van der Waals surface area contributed by atoms with Gasteiger partial charge in [0.15, 0.2) is 0 Å². The van der Waals surface area contributed by atoms with Gasteiger partial charge in [0.05, 0.1) is 18.3 Å². The maximum atomic E-state index is 11.5. The lowest BCUT2D eigenvalue weighted by Crippen LogP contribution is -2.26. The van der Waals surface area contributed by atoms with Crippen molar-refractivity contribution in [3.63, 3.8) is 0 Å². The Kier molecular flexibility index (Phi) is 8.66. The lowest BCUT2D eigenvalue weighted by molar-refractivity contribution is -0.144. The molecule has 100 valence electrons. The number of rotatable bonds is 9. The van der Waals surface area contributed by atoms with E-state index in [1.54, 1.807) is 0 Å². The van der Waals surface area contributed by atoms with Gasteiger partial charge in [-0.1, -0.05) is 20.4 Å². The van der Waals surface area contributed by atoms with Crippen LogP contribution < -0.4 is 0 Å². The molecule has 0 aliphatic heterocycles. The summed E-state index contributed by atoms with van der Waals surface area (Å²) in [6, 6.07) is 0. The van der Waals surface area contributed by atoms with Crippen LogP contribution in [0.15, 0.2) is 12.2 Å². The number of esters is 1. The molecule has 0 amide bonds. The van der Waals surface area contributed by atoms with Crippen LogP contribution in [0.4, 0.5) is 0 Å². The van der Waals surface area contributed by atoms with Gasteiger partial charge >= 0.3 is 5.97 Å². The zero-order chi connectivity index (χ0) is 13.3. The highest BCUT2D eigenvalue weighted by atomic mass is 16.5. The normalized spacial score (nSPS) is 14.1. The predicted molar refractivity (Wildman–Crippen MR) is 63.5 cm³/mol. The van der Waals surface area contributed by atoms with Crippen LogP contribution in [0.1, 0.15) is 26.7 Å². The summed E-state index contributed by atoms with van der Waals surface area (Å²) in [4.78, 5) is 11.5. The van der Waals surface area contributed by atoms with Crippen LogP contribution >= 0.6 is 0 Å². The quantitative estimate of drug-likeness (QED) is 0.461. The van der Waals surface area contributed by atoms with Gasteiger partial charge in [-0.25, -0.2) is 4.79 Å². The molecule has 2 atom stereocenters. The summed E-state index contributed by atoms with van der Waals surface area (Å²) in [7, 11) is 0. The Bertz CT molecular complexity index is 239. The van der Waals surface area contributed by atoms with Crippen molar-refractivity contribution in [2.45, 2.75) is 38.9 Å². The van der Waals surface area contributed by atoms with Crippen molar-refractivity contribution in [3.05, 3.63) is 12.2 Å². The second-order valence-corrected chi connectivity index (χ2v) is 3.73. The van der Waals surface area contributed by atoms with Crippen LogP contribution in [0.25, 0.3) is 0 Å². The number of hydrogen-bond acceptors (Lipinski definition) is 5. The molecule has 0 spiro atoms. The highest BCUT2D eigenvalue weighted by Crippen LogP contribution is 2.11. The third-order valence-electron chi connectivity index (χ3n) is 2.16. The molecule has 5 nitrogen and oxygen atoms in total. The molecule has 0 radical (unpaired) electrons. The van der Waals surface area contributed by atoms with Gasteiger partial charge in [0.25, 0.3) is 0 Å². The van der Waals surface area contributed by atoms with Gasteiger partial charge in [0.2, 0.25) is 0 Å². The molecule has 0 aliphatic rings. The van der Waals surface area contributed by atoms with E-state index >= 15 is 0 Å². The van der Waals surface area contributed by atoms with Crippen molar-refractivity contribution in [1.82, 2.24) is 0 Å². The first-order chi connectivity index (χ1) is 8.06. The Morgan fingerprint density at radius 2 is 2.06 bits per heavy atom. The SMILES string of the molecule is C=C(C(=O)OCC(O)CO)C(CC)OCCC. The van der Waals surface area contributed by atoms with Crippen LogP contribution in [0.3, 0.4) is 0 Å². The predicted octanol–water partition coefficient (Wildman–Crippen LogP) is 0.644. The van der Waals surface area contributed by atoms with E-state index in [2.05, 4.69) is 6.58 Å². The fraction of sp³-hybridized carbons (Fsp3) is 0.750. The number of aliphatic hydroxyl groups is 2. The summed E-state index contributed by atoms with van der Waals surface area (Å²) in [6.45, 7) is 7.39. The molecule has 0 saturated heterocycles. The molecule has 0 aliphatic carbocycles. The second-order valence-electron chi connectivity index (χ2n) is 3.73. The topological polar surface area (TPSA) is 76.0 Å². The van der Waals surface area contributed by atoms with Crippen molar-refractivity contribution in [3.8, 4) is 0 Å². The van der Waals surface area contributed by atoms with E-state index in [9.17, 15) is 4.79 Å². The van der Waals surface area contributed by atoms with Crippen LogP contribution in [-0.2, 0) is 14.3 Å². The first-order valence-corrected chi connectivity index (χ1v) is 5.83. The summed E-state index contributed by atoms with van der Waals surface area (Å²) < 4.78 is 10.2. The van der Waals surface area contributed by atoms with Gasteiger partial charge in [-0.3, -0.25) is 0 Å². The molecular formula is C12H22O5. The van der Waals surface area contributed by atoms with Gasteiger partial charge in [-0.15, -0.1) is 0 Å². The molecule has 17 heavy (non-hydrogen) atoms. The van der Waals surface area contributed by atoms with Crippen LogP contribution in [0.5, 0.6) is 0 Å². The summed E-state index contributed by atoms with van der Waals surface area (Å²) >= 11 is 0. The van der Waals surface area contributed by atoms with E-state index in [1.165, 1.54) is 0 Å². The van der Waals surface area contributed by atoms with E-state index in [1.807, 2.05) is 13.8 Å². The highest BCUT2D eigenvalue weighted by molar-refractivity contribution is 5.88. The largest absolute Gasteiger partial charge is 0.459 e. The fourth-order valence-electron chi connectivity index (χ4n) is 1.17. The zero-order valence-electron chi connectivity index (χ0n) is 10.5. The molecular weight excluding hydrogens is 224 g/mol. The third kappa shape index (κ3) is 6.41. The molecule has 0 bridgehead atoms. The maximum Gasteiger partial charge on any atom is 0.336 e. The number of aliphatic hydroxyl groups excluding tert-OH is 2. The minimum absolute atomic E-state index is 0.238. The Morgan fingerprint density at radius 1 is 1.41 bits per heavy atom. The van der Waals surface area contributed by atoms with E-state index in [0.717, 1.165) is 6.42 Å². The first kappa shape index (κ1) is 16.1. The zero-order valence-corrected chi connectivity index (χ0v) is 10.5. The Morgan fingerprint density at radius 3 is 2.53 bits per heavy atom. The number of hydrogen-bond donors (Lipinski definition) is 2.